The van der Waals surface area contributed by atoms with E-state index in [0.717, 1.165) is 38.4 Å². The number of amides is 1. The van der Waals surface area contributed by atoms with Crippen molar-refractivity contribution in [2.45, 2.75) is 13.1 Å². The fourth-order valence-electron chi connectivity index (χ4n) is 2.70. The molecule has 1 aliphatic heterocycles. The van der Waals surface area contributed by atoms with E-state index in [1.807, 2.05) is 0 Å². The number of nitrogen functional groups attached to an aromatic ring is 1. The number of nitrogens with one attached hydrogen (secondary N) is 1. The molecule has 2 aromatic rings. The molecule has 0 radical (unpaired) electrons. The number of nitrogens with zero attached hydrogens (tertiary/aromatic N) is 1. The van der Waals surface area contributed by atoms with E-state index >= 15 is 0 Å². The van der Waals surface area contributed by atoms with Crippen molar-refractivity contribution in [3.8, 4) is 0 Å². The van der Waals surface area contributed by atoms with Crippen LogP contribution >= 0.6 is 24.8 Å². The number of carbonyl (C=O) groups excluding carboxylic acids is 1. The average Bonchev–Trinajstić information content (AvgIpc) is 2.62. The molecule has 1 heterocycles. The van der Waals surface area contributed by atoms with Crippen molar-refractivity contribution >= 4 is 36.4 Å². The van der Waals surface area contributed by atoms with Crippen LogP contribution in [0.2, 0.25) is 0 Å². The molecule has 0 atom stereocenters. The molecule has 3 N–H and O–H groups in total. The van der Waals surface area contributed by atoms with E-state index in [-0.39, 0.29) is 30.7 Å². The van der Waals surface area contributed by atoms with E-state index < -0.39 is 0 Å². The van der Waals surface area contributed by atoms with Crippen LogP contribution in [0.5, 0.6) is 0 Å². The Kier molecular flexibility index (Phi) is 9.44. The lowest BCUT2D eigenvalue weighted by Gasteiger charge is -2.26. The number of carbonyl (C=O) groups is 1. The first-order valence-electron chi connectivity index (χ1n) is 8.22. The number of ether oxygens (including phenoxy) is 1. The van der Waals surface area contributed by atoms with Crippen LogP contribution in [0, 0.1) is 0 Å². The zero-order chi connectivity index (χ0) is 16.8. The quantitative estimate of drug-likeness (QED) is 0.761. The van der Waals surface area contributed by atoms with Gasteiger partial charge in [0.2, 0.25) is 0 Å². The van der Waals surface area contributed by atoms with Crippen LogP contribution in [0.4, 0.5) is 5.69 Å². The highest BCUT2D eigenvalue weighted by molar-refractivity contribution is 5.94. The van der Waals surface area contributed by atoms with Crippen molar-refractivity contribution in [1.29, 1.82) is 0 Å². The number of halogens is 2. The predicted molar refractivity (Wildman–Crippen MR) is 109 cm³/mol. The summed E-state index contributed by atoms with van der Waals surface area (Å²) in [4.78, 5) is 14.5. The van der Waals surface area contributed by atoms with Gasteiger partial charge in [-0.1, -0.05) is 24.3 Å². The summed E-state index contributed by atoms with van der Waals surface area (Å²) >= 11 is 0. The minimum Gasteiger partial charge on any atom is -0.399 e. The zero-order valence-corrected chi connectivity index (χ0v) is 16.2. The highest BCUT2D eigenvalue weighted by Crippen LogP contribution is 2.10. The first-order chi connectivity index (χ1) is 11.7. The van der Waals surface area contributed by atoms with Gasteiger partial charge >= 0.3 is 0 Å². The third-order valence-electron chi connectivity index (χ3n) is 4.16. The molecule has 26 heavy (non-hydrogen) atoms. The SMILES string of the molecule is Cl.Cl.Nc1ccc(C(=O)NCc2ccc(CN3CCOCC3)cc2)cc1. The highest BCUT2D eigenvalue weighted by Gasteiger charge is 2.10. The molecule has 142 valence electrons. The van der Waals surface area contributed by atoms with Crippen LogP contribution in [0.3, 0.4) is 0 Å². The summed E-state index contributed by atoms with van der Waals surface area (Å²) < 4.78 is 5.37. The van der Waals surface area contributed by atoms with Crippen LogP contribution < -0.4 is 11.1 Å². The molecule has 1 aliphatic rings. The fourth-order valence-corrected chi connectivity index (χ4v) is 2.70. The Balaban J connectivity index is 0.00000169. The highest BCUT2D eigenvalue weighted by atomic mass is 35.5. The molecule has 7 heteroatoms. The Morgan fingerprint density at radius 3 is 2.15 bits per heavy atom. The zero-order valence-electron chi connectivity index (χ0n) is 14.5. The van der Waals surface area contributed by atoms with E-state index in [0.29, 0.717) is 17.8 Å². The summed E-state index contributed by atoms with van der Waals surface area (Å²) in [5, 5.41) is 2.93. The Hall–Kier alpha value is -1.79. The van der Waals surface area contributed by atoms with Gasteiger partial charge in [0.05, 0.1) is 13.2 Å². The molecule has 0 aromatic heterocycles. The van der Waals surface area contributed by atoms with Gasteiger partial charge in [-0.3, -0.25) is 9.69 Å². The van der Waals surface area contributed by atoms with Gasteiger partial charge < -0.3 is 15.8 Å². The summed E-state index contributed by atoms with van der Waals surface area (Å²) in [7, 11) is 0. The molecule has 3 rings (SSSR count). The smallest absolute Gasteiger partial charge is 0.251 e. The molecule has 0 bridgehead atoms. The van der Waals surface area contributed by atoms with Crippen molar-refractivity contribution in [3.05, 3.63) is 65.2 Å². The lowest BCUT2D eigenvalue weighted by molar-refractivity contribution is 0.0342. The van der Waals surface area contributed by atoms with Gasteiger partial charge in [-0.2, -0.15) is 0 Å². The summed E-state index contributed by atoms with van der Waals surface area (Å²) in [5.74, 6) is -0.0904. The second-order valence-corrected chi connectivity index (χ2v) is 6.01. The van der Waals surface area contributed by atoms with Gasteiger partial charge in [0, 0.05) is 37.4 Å². The average molecular weight is 398 g/mol. The number of hydrogen-bond acceptors (Lipinski definition) is 4. The second-order valence-electron chi connectivity index (χ2n) is 6.01. The maximum absolute atomic E-state index is 12.1. The topological polar surface area (TPSA) is 67.6 Å². The molecule has 2 aromatic carbocycles. The molecule has 1 fully saturated rings. The van der Waals surface area contributed by atoms with Crippen LogP contribution in [-0.2, 0) is 17.8 Å². The summed E-state index contributed by atoms with van der Waals surface area (Å²) in [6.07, 6.45) is 0. The normalized spacial score (nSPS) is 14.0. The van der Waals surface area contributed by atoms with E-state index in [9.17, 15) is 4.79 Å². The van der Waals surface area contributed by atoms with E-state index in [4.69, 9.17) is 10.5 Å². The monoisotopic (exact) mass is 397 g/mol. The first-order valence-corrected chi connectivity index (χ1v) is 8.22. The van der Waals surface area contributed by atoms with Gasteiger partial charge in [0.15, 0.2) is 0 Å². The molecular weight excluding hydrogens is 373 g/mol. The fraction of sp³-hybridized carbons (Fsp3) is 0.316. The number of hydrogen-bond donors (Lipinski definition) is 2. The van der Waals surface area contributed by atoms with Crippen molar-refractivity contribution in [2.24, 2.45) is 0 Å². The molecule has 0 aliphatic carbocycles. The van der Waals surface area contributed by atoms with Gasteiger partial charge in [0.25, 0.3) is 5.91 Å². The minimum absolute atomic E-state index is 0. The second kappa shape index (κ2) is 11.0. The lowest BCUT2D eigenvalue weighted by atomic mass is 10.1. The summed E-state index contributed by atoms with van der Waals surface area (Å²) in [5.41, 5.74) is 9.27. The van der Waals surface area contributed by atoms with Crippen LogP contribution in [0.25, 0.3) is 0 Å². The van der Waals surface area contributed by atoms with Crippen LogP contribution in [-0.4, -0.2) is 37.1 Å². The minimum atomic E-state index is -0.0904. The third kappa shape index (κ3) is 6.50. The van der Waals surface area contributed by atoms with Crippen LogP contribution in [0.1, 0.15) is 21.5 Å². The van der Waals surface area contributed by atoms with Crippen molar-refractivity contribution in [2.75, 3.05) is 32.0 Å². The number of anilines is 1. The Morgan fingerprint density at radius 2 is 1.54 bits per heavy atom. The van der Waals surface area contributed by atoms with E-state index in [1.54, 1.807) is 24.3 Å². The van der Waals surface area contributed by atoms with Crippen molar-refractivity contribution < 1.29 is 9.53 Å². The molecule has 1 saturated heterocycles. The Morgan fingerprint density at radius 1 is 0.962 bits per heavy atom. The standard InChI is InChI=1S/C19H23N3O2.2ClH/c20-18-7-5-17(6-8-18)19(23)21-13-15-1-3-16(4-2-15)14-22-9-11-24-12-10-22;;/h1-8H,9-14,20H2,(H,21,23);2*1H. The van der Waals surface area contributed by atoms with Crippen LogP contribution in [0.15, 0.2) is 48.5 Å². The van der Waals surface area contributed by atoms with Crippen molar-refractivity contribution in [1.82, 2.24) is 10.2 Å². The molecule has 0 spiro atoms. The number of morpholine rings is 1. The predicted octanol–water partition coefficient (Wildman–Crippen LogP) is 2.87. The number of benzene rings is 2. The molecule has 1 amide bonds. The summed E-state index contributed by atoms with van der Waals surface area (Å²) in [6.45, 7) is 5.06. The maximum atomic E-state index is 12.1. The van der Waals surface area contributed by atoms with E-state index in [1.165, 1.54) is 5.56 Å². The number of nitrogens with two attached hydrogens (primary N) is 1. The van der Waals surface area contributed by atoms with E-state index in [2.05, 4.69) is 34.5 Å². The van der Waals surface area contributed by atoms with Gasteiger partial charge in [-0.05, 0) is 35.4 Å². The summed E-state index contributed by atoms with van der Waals surface area (Å²) in [6, 6.07) is 15.3. The van der Waals surface area contributed by atoms with Crippen molar-refractivity contribution in [3.63, 3.8) is 0 Å². The number of rotatable bonds is 5. The Bertz CT molecular complexity index is 672. The van der Waals surface area contributed by atoms with Gasteiger partial charge in [-0.15, -0.1) is 24.8 Å². The molecular formula is C19H25Cl2N3O2. The third-order valence-corrected chi connectivity index (χ3v) is 4.16. The van der Waals surface area contributed by atoms with Gasteiger partial charge in [0.1, 0.15) is 0 Å². The molecule has 0 saturated carbocycles. The molecule has 5 nitrogen and oxygen atoms in total. The largest absolute Gasteiger partial charge is 0.399 e. The Labute approximate surface area is 166 Å². The lowest BCUT2D eigenvalue weighted by Crippen LogP contribution is -2.35. The molecule has 0 unspecified atom stereocenters. The van der Waals surface area contributed by atoms with Gasteiger partial charge in [-0.25, -0.2) is 0 Å². The maximum Gasteiger partial charge on any atom is 0.251 e. The first kappa shape index (κ1) is 22.3.